The molecule has 0 bridgehead atoms. The summed E-state index contributed by atoms with van der Waals surface area (Å²) < 4.78 is 0. The van der Waals surface area contributed by atoms with Crippen LogP contribution >= 0.6 is 0 Å². The first-order valence-corrected chi connectivity index (χ1v) is 8.30. The van der Waals surface area contributed by atoms with Crippen LogP contribution in [0.25, 0.3) is 0 Å². The third kappa shape index (κ3) is 5.37. The highest BCUT2D eigenvalue weighted by molar-refractivity contribution is 5.94. The van der Waals surface area contributed by atoms with E-state index in [0.717, 1.165) is 25.2 Å². The summed E-state index contributed by atoms with van der Waals surface area (Å²) in [6, 6.07) is 4.15. The quantitative estimate of drug-likeness (QED) is 0.752. The van der Waals surface area contributed by atoms with Crippen LogP contribution in [0.4, 0.5) is 5.82 Å². The molecule has 0 unspecified atom stereocenters. The number of nitrogens with zero attached hydrogens (tertiary/aromatic N) is 1. The Bertz CT molecular complexity index is 441. The largest absolute Gasteiger partial charge is 0.367 e. The second-order valence-electron chi connectivity index (χ2n) is 5.87. The lowest BCUT2D eigenvalue weighted by Gasteiger charge is -2.23. The lowest BCUT2D eigenvalue weighted by atomic mass is 9.95. The smallest absolute Gasteiger partial charge is 0.251 e. The summed E-state index contributed by atoms with van der Waals surface area (Å²) >= 11 is 0. The van der Waals surface area contributed by atoms with Gasteiger partial charge < -0.3 is 10.6 Å². The van der Waals surface area contributed by atoms with Gasteiger partial charge in [0.1, 0.15) is 5.82 Å². The third-order valence-electron chi connectivity index (χ3n) is 4.05. The molecule has 0 aromatic carbocycles. The van der Waals surface area contributed by atoms with E-state index in [0.29, 0.717) is 11.6 Å². The van der Waals surface area contributed by atoms with Crippen LogP contribution in [-0.4, -0.2) is 23.5 Å². The van der Waals surface area contributed by atoms with Crippen molar-refractivity contribution in [2.24, 2.45) is 0 Å². The Hall–Kier alpha value is -1.58. The van der Waals surface area contributed by atoms with E-state index in [4.69, 9.17) is 0 Å². The van der Waals surface area contributed by atoms with Gasteiger partial charge in [0.15, 0.2) is 0 Å². The normalized spacial score (nSPS) is 15.7. The van der Waals surface area contributed by atoms with Gasteiger partial charge in [0.25, 0.3) is 5.91 Å². The van der Waals surface area contributed by atoms with Crippen LogP contribution in [0.1, 0.15) is 68.6 Å². The molecule has 0 saturated heterocycles. The van der Waals surface area contributed by atoms with Gasteiger partial charge in [-0.1, -0.05) is 39.0 Å². The number of rotatable bonds is 7. The first kappa shape index (κ1) is 15.8. The van der Waals surface area contributed by atoms with E-state index >= 15 is 0 Å². The van der Waals surface area contributed by atoms with Crippen molar-refractivity contribution in [1.29, 1.82) is 0 Å². The van der Waals surface area contributed by atoms with E-state index in [1.165, 1.54) is 38.5 Å². The van der Waals surface area contributed by atoms with Crippen molar-refractivity contribution in [3.63, 3.8) is 0 Å². The maximum atomic E-state index is 12.1. The Labute approximate surface area is 127 Å². The van der Waals surface area contributed by atoms with Gasteiger partial charge in [-0.2, -0.15) is 0 Å². The molecule has 0 atom stereocenters. The topological polar surface area (TPSA) is 54.0 Å². The fourth-order valence-electron chi connectivity index (χ4n) is 2.79. The number of nitrogens with one attached hydrogen (secondary N) is 2. The average Bonchev–Trinajstić information content (AvgIpc) is 2.53. The molecule has 1 amide bonds. The number of anilines is 1. The highest BCUT2D eigenvalue weighted by Crippen LogP contribution is 2.21. The Morgan fingerprint density at radius 2 is 2.10 bits per heavy atom. The average molecular weight is 289 g/mol. The van der Waals surface area contributed by atoms with Gasteiger partial charge in [-0.15, -0.1) is 0 Å². The maximum absolute atomic E-state index is 12.1. The molecule has 1 fully saturated rings. The fourth-order valence-corrected chi connectivity index (χ4v) is 2.79. The first-order valence-electron chi connectivity index (χ1n) is 8.30. The molecule has 4 nitrogen and oxygen atoms in total. The second kappa shape index (κ2) is 8.65. The Morgan fingerprint density at radius 3 is 2.86 bits per heavy atom. The molecule has 1 aromatic heterocycles. The summed E-state index contributed by atoms with van der Waals surface area (Å²) in [5.74, 6) is 0.823. The van der Waals surface area contributed by atoms with Crippen LogP contribution < -0.4 is 10.6 Å². The number of hydrogen-bond donors (Lipinski definition) is 2. The van der Waals surface area contributed by atoms with Crippen LogP contribution in [-0.2, 0) is 0 Å². The minimum absolute atomic E-state index is 0.000183. The van der Waals surface area contributed by atoms with Crippen molar-refractivity contribution in [2.45, 2.75) is 64.3 Å². The minimum Gasteiger partial charge on any atom is -0.367 e. The second-order valence-corrected chi connectivity index (χ2v) is 5.87. The lowest BCUT2D eigenvalue weighted by molar-refractivity contribution is 0.0953. The molecule has 1 heterocycles. The molecule has 2 N–H and O–H groups in total. The lowest BCUT2D eigenvalue weighted by Crippen LogP contribution is -2.25. The molecule has 2 rings (SSSR count). The highest BCUT2D eigenvalue weighted by Gasteiger charge is 2.14. The predicted molar refractivity (Wildman–Crippen MR) is 86.6 cm³/mol. The van der Waals surface area contributed by atoms with Crippen molar-refractivity contribution in [1.82, 2.24) is 10.3 Å². The van der Waals surface area contributed by atoms with E-state index in [1.54, 1.807) is 12.3 Å². The molecule has 1 saturated carbocycles. The van der Waals surface area contributed by atoms with Crippen molar-refractivity contribution >= 4 is 11.7 Å². The summed E-state index contributed by atoms with van der Waals surface area (Å²) in [6.07, 6.45) is 11.4. The zero-order valence-corrected chi connectivity index (χ0v) is 13.0. The van der Waals surface area contributed by atoms with Crippen molar-refractivity contribution < 1.29 is 4.79 Å². The van der Waals surface area contributed by atoms with Gasteiger partial charge in [-0.3, -0.25) is 4.79 Å². The molecule has 1 aliphatic rings. The summed E-state index contributed by atoms with van der Waals surface area (Å²) in [6.45, 7) is 2.91. The molecule has 21 heavy (non-hydrogen) atoms. The van der Waals surface area contributed by atoms with Gasteiger partial charge in [0.05, 0.1) is 0 Å². The van der Waals surface area contributed by atoms with E-state index < -0.39 is 0 Å². The molecule has 1 aromatic rings. The van der Waals surface area contributed by atoms with Crippen LogP contribution in [0.3, 0.4) is 0 Å². The molecule has 4 heteroatoms. The van der Waals surface area contributed by atoms with Gasteiger partial charge in [0.2, 0.25) is 0 Å². The van der Waals surface area contributed by atoms with E-state index in [-0.39, 0.29) is 5.91 Å². The molecule has 1 aliphatic carbocycles. The zero-order chi connectivity index (χ0) is 14.9. The van der Waals surface area contributed by atoms with Gasteiger partial charge >= 0.3 is 0 Å². The van der Waals surface area contributed by atoms with Gasteiger partial charge in [-0.05, 0) is 31.4 Å². The van der Waals surface area contributed by atoms with Gasteiger partial charge in [-0.25, -0.2) is 4.98 Å². The Kier molecular flexibility index (Phi) is 6.51. The Balaban J connectivity index is 1.85. The van der Waals surface area contributed by atoms with Crippen molar-refractivity contribution in [2.75, 3.05) is 11.9 Å². The maximum Gasteiger partial charge on any atom is 0.251 e. The van der Waals surface area contributed by atoms with Crippen LogP contribution in [0, 0.1) is 0 Å². The minimum atomic E-state index is 0.000183. The molecular weight excluding hydrogens is 262 g/mol. The SMILES string of the molecule is CCCCCNC(=O)c1ccnc(NC2CCCCC2)c1. The first-order chi connectivity index (χ1) is 10.3. The number of pyridine rings is 1. The van der Waals surface area contributed by atoms with E-state index in [1.807, 2.05) is 6.07 Å². The molecule has 0 aliphatic heterocycles. The zero-order valence-electron chi connectivity index (χ0n) is 13.0. The number of carbonyl (C=O) groups excluding carboxylic acids is 1. The number of aromatic nitrogens is 1. The number of carbonyl (C=O) groups is 1. The number of hydrogen-bond acceptors (Lipinski definition) is 3. The van der Waals surface area contributed by atoms with Crippen LogP contribution in [0.5, 0.6) is 0 Å². The summed E-state index contributed by atoms with van der Waals surface area (Å²) in [5.41, 5.74) is 0.694. The number of unbranched alkanes of at least 4 members (excludes halogenated alkanes) is 2. The summed E-state index contributed by atoms with van der Waals surface area (Å²) in [7, 11) is 0. The highest BCUT2D eigenvalue weighted by atomic mass is 16.1. The molecule has 116 valence electrons. The van der Waals surface area contributed by atoms with Gasteiger partial charge in [0, 0.05) is 24.3 Å². The van der Waals surface area contributed by atoms with Crippen LogP contribution in [0.15, 0.2) is 18.3 Å². The van der Waals surface area contributed by atoms with E-state index in [2.05, 4.69) is 22.5 Å². The van der Waals surface area contributed by atoms with E-state index in [9.17, 15) is 4.79 Å². The molecule has 0 spiro atoms. The van der Waals surface area contributed by atoms with Crippen molar-refractivity contribution in [3.8, 4) is 0 Å². The summed E-state index contributed by atoms with van der Waals surface area (Å²) in [5, 5.41) is 6.43. The summed E-state index contributed by atoms with van der Waals surface area (Å²) in [4.78, 5) is 16.4. The third-order valence-corrected chi connectivity index (χ3v) is 4.05. The molecule has 0 radical (unpaired) electrons. The van der Waals surface area contributed by atoms with Crippen LogP contribution in [0.2, 0.25) is 0 Å². The fraction of sp³-hybridized carbons (Fsp3) is 0.647. The van der Waals surface area contributed by atoms with Crippen molar-refractivity contribution in [3.05, 3.63) is 23.9 Å². The standard InChI is InChI=1S/C17H27N3O/c1-2-3-7-11-19-17(21)14-10-12-18-16(13-14)20-15-8-5-4-6-9-15/h10,12-13,15H,2-9,11H2,1H3,(H,18,20)(H,19,21). The molecular formula is C17H27N3O. The number of amides is 1. The monoisotopic (exact) mass is 289 g/mol. The Morgan fingerprint density at radius 1 is 1.29 bits per heavy atom. The predicted octanol–water partition coefficient (Wildman–Crippen LogP) is 3.75.